The minimum atomic E-state index is -4.83. The lowest BCUT2D eigenvalue weighted by molar-refractivity contribution is -0.290. The van der Waals surface area contributed by atoms with Gasteiger partial charge in [0.15, 0.2) is 11.6 Å². The molecule has 15 heteroatoms. The molecule has 4 atom stereocenters. The van der Waals surface area contributed by atoms with Crippen LogP contribution in [0.15, 0.2) is 40.1 Å². The van der Waals surface area contributed by atoms with E-state index in [1.54, 1.807) is 56.1 Å². The van der Waals surface area contributed by atoms with E-state index in [0.29, 0.717) is 5.69 Å². The van der Waals surface area contributed by atoms with Crippen molar-refractivity contribution in [3.05, 3.63) is 35.8 Å². The van der Waals surface area contributed by atoms with E-state index < -0.39 is 62.6 Å². The van der Waals surface area contributed by atoms with Crippen molar-refractivity contribution in [2.75, 3.05) is 13.2 Å². The van der Waals surface area contributed by atoms with Crippen LogP contribution in [0.2, 0.25) is 0 Å². The molecule has 0 saturated carbocycles. The maximum atomic E-state index is 13.0. The number of fused-ring (bicyclic) bond motifs is 3. The largest absolute Gasteiger partial charge is 0.349 e. The van der Waals surface area contributed by atoms with Gasteiger partial charge in [0.1, 0.15) is 29.1 Å². The van der Waals surface area contributed by atoms with Gasteiger partial charge in [-0.15, -0.1) is 11.3 Å². The molecule has 12 nitrogen and oxygen atoms in total. The van der Waals surface area contributed by atoms with Gasteiger partial charge < -0.3 is 23.7 Å². The molecule has 0 aliphatic carbocycles. The minimum Gasteiger partial charge on any atom is -0.343 e. The smallest absolute Gasteiger partial charge is 0.343 e. The number of hydrogen-bond donors (Lipinski definition) is 1. The van der Waals surface area contributed by atoms with Crippen LogP contribution in [0, 0.1) is 0 Å². The summed E-state index contributed by atoms with van der Waals surface area (Å²) in [5.41, 5.74) is 0.642. The Labute approximate surface area is 213 Å². The SMILES string of the molecule is CC1(C)O[C@@H]2[C@@H](CO[C@@]3(COS(=O)(=O)NS(=O)(=O)c4sccc4-c4ccccn4)OC(C)(C)O[C@@H]23)O1. The number of pyridine rings is 1. The number of nitrogens with one attached hydrogen (secondary N) is 1. The van der Waals surface area contributed by atoms with Gasteiger partial charge in [-0.1, -0.05) is 10.2 Å². The highest BCUT2D eigenvalue weighted by Gasteiger charge is 2.65. The van der Waals surface area contributed by atoms with E-state index in [2.05, 4.69) is 4.98 Å². The fourth-order valence-electron chi connectivity index (χ4n) is 4.52. The number of thiophene rings is 1. The van der Waals surface area contributed by atoms with E-state index in [9.17, 15) is 16.8 Å². The lowest BCUT2D eigenvalue weighted by atomic mass is 9.98. The summed E-state index contributed by atoms with van der Waals surface area (Å²) in [6.07, 6.45) is -0.472. The van der Waals surface area contributed by atoms with Crippen molar-refractivity contribution in [2.45, 2.75) is 67.6 Å². The van der Waals surface area contributed by atoms with Gasteiger partial charge in [-0.05, 0) is 51.3 Å². The second-order valence-corrected chi connectivity index (χ2v) is 13.8. The molecule has 0 spiro atoms. The molecule has 2 aromatic rings. The summed E-state index contributed by atoms with van der Waals surface area (Å²) in [6.45, 7) is 6.11. The Hall–Kier alpha value is -1.53. The third kappa shape index (κ3) is 4.97. The first-order valence-electron chi connectivity index (χ1n) is 11.0. The summed E-state index contributed by atoms with van der Waals surface area (Å²) >= 11 is 0.852. The van der Waals surface area contributed by atoms with Crippen molar-refractivity contribution in [3.8, 4) is 11.3 Å². The van der Waals surface area contributed by atoms with Gasteiger partial charge in [-0.2, -0.15) is 8.42 Å². The fraction of sp³-hybridized carbons (Fsp3) is 0.571. The Morgan fingerprint density at radius 1 is 1.08 bits per heavy atom. The maximum Gasteiger partial charge on any atom is 0.349 e. The Balaban J connectivity index is 1.35. The number of hydrogen-bond acceptors (Lipinski definition) is 12. The van der Waals surface area contributed by atoms with Crippen LogP contribution in [0.25, 0.3) is 11.3 Å². The third-order valence-electron chi connectivity index (χ3n) is 5.72. The quantitative estimate of drug-likeness (QED) is 0.526. The molecule has 3 aliphatic heterocycles. The summed E-state index contributed by atoms with van der Waals surface area (Å²) in [5.74, 6) is -3.73. The molecule has 0 amide bonds. The Morgan fingerprint density at radius 3 is 2.58 bits per heavy atom. The number of rotatable bonds is 7. The summed E-state index contributed by atoms with van der Waals surface area (Å²) < 4.78 is 87.7. The topological polar surface area (TPSA) is 149 Å². The molecule has 198 valence electrons. The second-order valence-electron chi connectivity index (χ2n) is 9.44. The first-order valence-corrected chi connectivity index (χ1v) is 14.8. The molecule has 0 bridgehead atoms. The normalized spacial score (nSPS) is 31.2. The lowest BCUT2D eigenvalue weighted by Crippen LogP contribution is -2.60. The summed E-state index contributed by atoms with van der Waals surface area (Å²) in [7, 11) is -9.35. The van der Waals surface area contributed by atoms with E-state index in [1.807, 2.05) is 0 Å². The molecule has 3 fully saturated rings. The highest BCUT2D eigenvalue weighted by Crippen LogP contribution is 2.47. The van der Waals surface area contributed by atoms with Crippen molar-refractivity contribution >= 4 is 31.7 Å². The van der Waals surface area contributed by atoms with Crippen molar-refractivity contribution in [1.29, 1.82) is 0 Å². The fourth-order valence-corrected chi connectivity index (χ4v) is 8.48. The third-order valence-corrected chi connectivity index (χ3v) is 10.2. The molecule has 5 heterocycles. The lowest BCUT2D eigenvalue weighted by Gasteiger charge is -2.40. The molecule has 3 saturated heterocycles. The summed E-state index contributed by atoms with van der Waals surface area (Å²) in [5, 5.41) is 1.53. The highest BCUT2D eigenvalue weighted by molar-refractivity contribution is 8.03. The number of ether oxygens (including phenoxy) is 5. The standard InChI is InChI=1S/C21H26N2O10S3/c1-19(2)30-15-11-28-21(17(16(15)31-19)32-20(3,4)33-21)12-29-36(26,27)23-35(24,25)18-13(8-10-34-18)14-7-5-6-9-22-14/h5-10,15-17,23H,11-12H2,1-4H3/t15-,16-,17+,21+/m1/s1. The zero-order chi connectivity index (χ0) is 26.0. The minimum absolute atomic E-state index is 0.0296. The van der Waals surface area contributed by atoms with Crippen LogP contribution in [-0.4, -0.2) is 70.7 Å². The Morgan fingerprint density at radius 2 is 1.86 bits per heavy atom. The van der Waals surface area contributed by atoms with Crippen molar-refractivity contribution in [1.82, 2.24) is 9.11 Å². The zero-order valence-electron chi connectivity index (χ0n) is 19.9. The molecule has 5 rings (SSSR count). The van der Waals surface area contributed by atoms with E-state index in [1.165, 1.54) is 11.6 Å². The van der Waals surface area contributed by atoms with Crippen LogP contribution in [0.3, 0.4) is 0 Å². The van der Waals surface area contributed by atoms with Crippen molar-refractivity contribution < 1.29 is 44.7 Å². The van der Waals surface area contributed by atoms with Crippen LogP contribution in [0.1, 0.15) is 27.7 Å². The second kappa shape index (κ2) is 8.76. The maximum absolute atomic E-state index is 13.0. The molecule has 1 N–H and O–H groups in total. The number of sulfonamides is 1. The molecule has 0 radical (unpaired) electrons. The van der Waals surface area contributed by atoms with E-state index in [0.717, 1.165) is 11.3 Å². The monoisotopic (exact) mass is 562 g/mol. The Bertz CT molecular complexity index is 1340. The molecular formula is C21H26N2O10S3. The van der Waals surface area contributed by atoms with Crippen molar-refractivity contribution in [2.24, 2.45) is 0 Å². The number of nitrogens with zero attached hydrogens (tertiary/aromatic N) is 1. The van der Waals surface area contributed by atoms with Gasteiger partial charge in [-0.25, -0.2) is 8.42 Å². The molecule has 0 unspecified atom stereocenters. The molecule has 36 heavy (non-hydrogen) atoms. The van der Waals surface area contributed by atoms with Gasteiger partial charge in [0.2, 0.25) is 5.79 Å². The molecule has 3 aliphatic rings. The van der Waals surface area contributed by atoms with Gasteiger partial charge in [0.05, 0.1) is 12.3 Å². The summed E-state index contributed by atoms with van der Waals surface area (Å²) in [4.78, 5) is 4.14. The first kappa shape index (κ1) is 26.1. The predicted octanol–water partition coefficient (Wildman–Crippen LogP) is 1.75. The van der Waals surface area contributed by atoms with Crippen LogP contribution >= 0.6 is 11.3 Å². The zero-order valence-corrected chi connectivity index (χ0v) is 22.3. The van der Waals surface area contributed by atoms with E-state index in [-0.39, 0.29) is 16.4 Å². The van der Waals surface area contributed by atoms with Gasteiger partial charge in [0.25, 0.3) is 10.0 Å². The van der Waals surface area contributed by atoms with Crippen LogP contribution in [0.5, 0.6) is 0 Å². The highest BCUT2D eigenvalue weighted by atomic mass is 32.3. The van der Waals surface area contributed by atoms with Crippen LogP contribution in [0.4, 0.5) is 0 Å². The predicted molar refractivity (Wildman–Crippen MR) is 125 cm³/mol. The Kier molecular flexibility index (Phi) is 6.35. The van der Waals surface area contributed by atoms with Gasteiger partial charge in [-0.3, -0.25) is 9.17 Å². The van der Waals surface area contributed by atoms with Crippen LogP contribution < -0.4 is 4.13 Å². The van der Waals surface area contributed by atoms with Crippen LogP contribution in [-0.2, 0) is 48.2 Å². The summed E-state index contributed by atoms with van der Waals surface area (Å²) in [6, 6.07) is 6.54. The molecule has 2 aromatic heterocycles. The van der Waals surface area contributed by atoms with Gasteiger partial charge >= 0.3 is 10.3 Å². The average molecular weight is 563 g/mol. The van der Waals surface area contributed by atoms with E-state index >= 15 is 0 Å². The first-order chi connectivity index (χ1) is 16.7. The van der Waals surface area contributed by atoms with Crippen molar-refractivity contribution in [3.63, 3.8) is 0 Å². The van der Waals surface area contributed by atoms with E-state index in [4.69, 9.17) is 27.9 Å². The number of aromatic nitrogens is 1. The molecule has 0 aromatic carbocycles. The van der Waals surface area contributed by atoms with Gasteiger partial charge in [0, 0.05) is 11.8 Å². The average Bonchev–Trinajstić information content (AvgIpc) is 3.45. The molecular weight excluding hydrogens is 536 g/mol.